The van der Waals surface area contributed by atoms with Gasteiger partial charge in [0.25, 0.3) is 0 Å². The second kappa shape index (κ2) is 6.25. The predicted molar refractivity (Wildman–Crippen MR) is 92.4 cm³/mol. The molecule has 0 aliphatic heterocycles. The van der Waals surface area contributed by atoms with Crippen molar-refractivity contribution < 1.29 is 5.11 Å². The van der Waals surface area contributed by atoms with E-state index in [1.165, 1.54) is 0 Å². The summed E-state index contributed by atoms with van der Waals surface area (Å²) in [7, 11) is 0. The molecule has 0 aliphatic carbocycles. The van der Waals surface area contributed by atoms with E-state index in [0.29, 0.717) is 0 Å². The van der Waals surface area contributed by atoms with Crippen molar-refractivity contribution in [3.05, 3.63) is 0 Å². The smallest absolute Gasteiger partial charge is 0.140 e. The standard InChI is InChI=1S/C5H7I5O/c6-1-4(9,2-7)5(10,11)3-8/h11H,1-3H2. The number of hydrogen-bond donors (Lipinski definition) is 1. The lowest BCUT2D eigenvalue weighted by Crippen LogP contribution is -2.48. The highest BCUT2D eigenvalue weighted by Gasteiger charge is 2.44. The summed E-state index contributed by atoms with van der Waals surface area (Å²) in [6, 6.07) is 0. The molecule has 0 saturated carbocycles. The molecule has 0 aromatic heterocycles. The molecule has 68 valence electrons. The van der Waals surface area contributed by atoms with E-state index in [4.69, 9.17) is 0 Å². The van der Waals surface area contributed by atoms with Gasteiger partial charge in [0.05, 0.1) is 3.42 Å². The number of rotatable bonds is 4. The highest BCUT2D eigenvalue weighted by molar-refractivity contribution is 14.1. The summed E-state index contributed by atoms with van der Waals surface area (Å²) in [5.74, 6) is 0. The Kier molecular flexibility index (Phi) is 8.30. The van der Waals surface area contributed by atoms with Gasteiger partial charge in [-0.1, -0.05) is 90.4 Å². The third kappa shape index (κ3) is 3.93. The molecule has 0 heterocycles. The maximum absolute atomic E-state index is 10.0. The average Bonchev–Trinajstić information content (AvgIpc) is 2.02. The Morgan fingerprint density at radius 2 is 1.27 bits per heavy atom. The zero-order valence-corrected chi connectivity index (χ0v) is 16.2. The van der Waals surface area contributed by atoms with Crippen LogP contribution in [0.1, 0.15) is 0 Å². The summed E-state index contributed by atoms with van der Waals surface area (Å²) in [5.41, 5.74) is 0. The Labute approximate surface area is 135 Å². The lowest BCUT2D eigenvalue weighted by atomic mass is 10.1. The molecule has 0 fully saturated rings. The first-order valence-electron chi connectivity index (χ1n) is 2.71. The molecule has 1 unspecified atom stereocenters. The van der Waals surface area contributed by atoms with Crippen molar-refractivity contribution in [1.82, 2.24) is 0 Å². The maximum atomic E-state index is 10.0. The molecule has 0 saturated heterocycles. The summed E-state index contributed by atoms with van der Waals surface area (Å²) >= 11 is 11.4. The van der Waals surface area contributed by atoms with Crippen LogP contribution in [0.3, 0.4) is 0 Å². The molecule has 0 aliphatic rings. The average molecular weight is 718 g/mol. The van der Waals surface area contributed by atoms with Crippen molar-refractivity contribution in [3.63, 3.8) is 0 Å². The van der Waals surface area contributed by atoms with Crippen LogP contribution in [-0.4, -0.2) is 25.4 Å². The molecule has 0 amide bonds. The van der Waals surface area contributed by atoms with E-state index in [0.717, 1.165) is 13.3 Å². The van der Waals surface area contributed by atoms with Crippen molar-refractivity contribution >= 4 is 113 Å². The minimum Gasteiger partial charge on any atom is -0.377 e. The first kappa shape index (κ1) is 14.6. The van der Waals surface area contributed by atoms with E-state index < -0.39 is 3.61 Å². The van der Waals surface area contributed by atoms with E-state index in [1.54, 1.807) is 0 Å². The Morgan fingerprint density at radius 1 is 0.909 bits per heavy atom. The second-order valence-electron chi connectivity index (χ2n) is 2.13. The van der Waals surface area contributed by atoms with Gasteiger partial charge in [-0.05, 0) is 22.6 Å². The quantitative estimate of drug-likeness (QED) is 0.349. The second-order valence-corrected chi connectivity index (χ2v) is 8.26. The van der Waals surface area contributed by atoms with E-state index in [1.807, 2.05) is 0 Å². The molecule has 0 rings (SSSR count). The van der Waals surface area contributed by atoms with Gasteiger partial charge in [-0.15, -0.1) is 0 Å². The molecule has 11 heavy (non-hydrogen) atoms. The zero-order chi connectivity index (χ0) is 9.12. The molecule has 1 nitrogen and oxygen atoms in total. The molecule has 1 N–H and O–H groups in total. The molecular weight excluding hydrogens is 711 g/mol. The van der Waals surface area contributed by atoms with Gasteiger partial charge in [0.1, 0.15) is 3.61 Å². The summed E-state index contributed by atoms with van der Waals surface area (Å²) in [6.07, 6.45) is 0. The van der Waals surface area contributed by atoms with Gasteiger partial charge >= 0.3 is 0 Å². The normalized spacial score (nSPS) is 18.0. The Morgan fingerprint density at radius 3 is 1.36 bits per heavy atom. The number of aliphatic hydroxyl groups is 1. The third-order valence-electron chi connectivity index (χ3n) is 1.29. The highest BCUT2D eigenvalue weighted by Crippen LogP contribution is 2.41. The minimum atomic E-state index is -0.575. The molecule has 0 bridgehead atoms. The van der Waals surface area contributed by atoms with Crippen molar-refractivity contribution in [2.24, 2.45) is 0 Å². The van der Waals surface area contributed by atoms with Crippen LogP contribution in [0, 0.1) is 0 Å². The molecule has 1 atom stereocenters. The van der Waals surface area contributed by atoms with Gasteiger partial charge in [0, 0.05) is 13.3 Å². The van der Waals surface area contributed by atoms with Crippen LogP contribution in [0.25, 0.3) is 0 Å². The molecule has 0 spiro atoms. The highest BCUT2D eigenvalue weighted by atomic mass is 127. The Hall–Kier alpha value is 3.61. The summed E-state index contributed by atoms with van der Waals surface area (Å²) in [6.45, 7) is 0. The van der Waals surface area contributed by atoms with Crippen LogP contribution < -0.4 is 0 Å². The van der Waals surface area contributed by atoms with E-state index in [2.05, 4.69) is 113 Å². The van der Waals surface area contributed by atoms with Crippen molar-refractivity contribution in [1.29, 1.82) is 0 Å². The number of hydrogen-bond acceptors (Lipinski definition) is 1. The van der Waals surface area contributed by atoms with Crippen LogP contribution in [0.15, 0.2) is 0 Å². The summed E-state index contributed by atoms with van der Waals surface area (Å²) < 4.78 is 2.18. The van der Waals surface area contributed by atoms with E-state index >= 15 is 0 Å². The minimum absolute atomic E-state index is 0.00757. The monoisotopic (exact) mass is 718 g/mol. The van der Waals surface area contributed by atoms with Gasteiger partial charge in [-0.3, -0.25) is 0 Å². The zero-order valence-electron chi connectivity index (χ0n) is 5.46. The molecular formula is C5H7I5O. The number of halogens is 5. The fourth-order valence-electron chi connectivity index (χ4n) is 0.360. The van der Waals surface area contributed by atoms with Gasteiger partial charge in [0.2, 0.25) is 0 Å². The van der Waals surface area contributed by atoms with Gasteiger partial charge in [0.15, 0.2) is 0 Å². The van der Waals surface area contributed by atoms with Gasteiger partial charge in [-0.25, -0.2) is 0 Å². The van der Waals surface area contributed by atoms with Crippen LogP contribution in [-0.2, 0) is 0 Å². The SMILES string of the molecule is OC(I)(CI)C(I)(CI)CI. The van der Waals surface area contributed by atoms with Gasteiger partial charge in [-0.2, -0.15) is 0 Å². The topological polar surface area (TPSA) is 20.2 Å². The van der Waals surface area contributed by atoms with E-state index in [-0.39, 0.29) is 3.42 Å². The summed E-state index contributed by atoms with van der Waals surface area (Å²) in [5, 5.41) is 10.0. The third-order valence-corrected chi connectivity index (χ3v) is 13.5. The first-order valence-corrected chi connectivity index (χ1v) is 9.45. The maximum Gasteiger partial charge on any atom is 0.140 e. The first-order chi connectivity index (χ1) is 4.93. The van der Waals surface area contributed by atoms with Crippen LogP contribution in [0.4, 0.5) is 0 Å². The van der Waals surface area contributed by atoms with Gasteiger partial charge < -0.3 is 5.11 Å². The largest absolute Gasteiger partial charge is 0.377 e. The lowest BCUT2D eigenvalue weighted by Gasteiger charge is -2.35. The molecule has 0 aromatic carbocycles. The fourth-order valence-corrected chi connectivity index (χ4v) is 6.69. The van der Waals surface area contributed by atoms with Crippen molar-refractivity contribution in [2.45, 2.75) is 7.03 Å². The molecule has 0 radical (unpaired) electrons. The predicted octanol–water partition coefficient (Wildman–Crippen LogP) is 3.59. The van der Waals surface area contributed by atoms with E-state index in [9.17, 15) is 5.11 Å². The molecule has 6 heteroatoms. The molecule has 0 aromatic rings. The van der Waals surface area contributed by atoms with Crippen molar-refractivity contribution in [2.75, 3.05) is 13.3 Å². The van der Waals surface area contributed by atoms with Crippen LogP contribution >= 0.6 is 113 Å². The van der Waals surface area contributed by atoms with Crippen LogP contribution in [0.5, 0.6) is 0 Å². The van der Waals surface area contributed by atoms with Crippen molar-refractivity contribution in [3.8, 4) is 0 Å². The van der Waals surface area contributed by atoms with Crippen LogP contribution in [0.2, 0.25) is 0 Å². The Bertz CT molecular complexity index is 122. The lowest BCUT2D eigenvalue weighted by molar-refractivity contribution is 0.163. The number of alkyl halides is 5. The Balaban J connectivity index is 4.47. The fraction of sp³-hybridized carbons (Fsp3) is 1.00. The summed E-state index contributed by atoms with van der Waals surface area (Å²) in [4.78, 5) is 0.